The van der Waals surface area contributed by atoms with Crippen LogP contribution in [0.2, 0.25) is 0 Å². The van der Waals surface area contributed by atoms with Crippen LogP contribution in [0.25, 0.3) is 0 Å². The number of hydrogen-bond donors (Lipinski definition) is 2. The first-order chi connectivity index (χ1) is 8.69. The molecule has 2 N–H and O–H groups in total. The molecule has 0 saturated carbocycles. The highest BCUT2D eigenvalue weighted by atomic mass is 16.5. The van der Waals surface area contributed by atoms with Crippen LogP contribution in [0.3, 0.4) is 0 Å². The molecule has 0 bridgehead atoms. The molecule has 0 aliphatic heterocycles. The minimum absolute atomic E-state index is 0.273. The Bertz CT molecular complexity index is 352. The highest BCUT2D eigenvalue weighted by molar-refractivity contribution is 5.37. The Hall–Kier alpha value is -1.06. The molecule has 1 rings (SSSR count). The number of aryl methyl sites for hydroxylation is 1. The lowest BCUT2D eigenvalue weighted by Crippen LogP contribution is -2.12. The lowest BCUT2D eigenvalue weighted by molar-refractivity contribution is 0.265. The number of rotatable bonds is 8. The zero-order valence-electron chi connectivity index (χ0n) is 11.7. The first-order valence-electron chi connectivity index (χ1n) is 6.70. The van der Waals surface area contributed by atoms with Gasteiger partial charge in [0.1, 0.15) is 5.75 Å². The summed E-state index contributed by atoms with van der Waals surface area (Å²) in [4.78, 5) is 0. The van der Waals surface area contributed by atoms with Crippen LogP contribution < -0.4 is 10.1 Å². The Morgan fingerprint density at radius 2 is 2.06 bits per heavy atom. The van der Waals surface area contributed by atoms with Gasteiger partial charge < -0.3 is 15.2 Å². The summed E-state index contributed by atoms with van der Waals surface area (Å²) in [6.07, 6.45) is 2.88. The summed E-state index contributed by atoms with van der Waals surface area (Å²) in [7, 11) is 1.96. The number of nitrogens with one attached hydrogen (secondary N) is 1. The third kappa shape index (κ3) is 4.67. The van der Waals surface area contributed by atoms with Crippen LogP contribution in [0, 0.1) is 6.92 Å². The van der Waals surface area contributed by atoms with Crippen molar-refractivity contribution in [1.29, 1.82) is 0 Å². The fourth-order valence-corrected chi connectivity index (χ4v) is 1.84. The topological polar surface area (TPSA) is 41.5 Å². The lowest BCUT2D eigenvalue weighted by atomic mass is 10.1. The van der Waals surface area contributed by atoms with Gasteiger partial charge in [-0.1, -0.05) is 12.1 Å². The van der Waals surface area contributed by atoms with E-state index in [0.29, 0.717) is 6.04 Å². The van der Waals surface area contributed by atoms with E-state index in [1.807, 2.05) is 13.1 Å². The highest BCUT2D eigenvalue weighted by Gasteiger charge is 2.05. The summed E-state index contributed by atoms with van der Waals surface area (Å²) >= 11 is 0. The van der Waals surface area contributed by atoms with Gasteiger partial charge in [-0.25, -0.2) is 0 Å². The van der Waals surface area contributed by atoms with Gasteiger partial charge in [-0.05, 0) is 57.4 Å². The van der Waals surface area contributed by atoms with Gasteiger partial charge in [0.25, 0.3) is 0 Å². The molecule has 18 heavy (non-hydrogen) atoms. The van der Waals surface area contributed by atoms with Crippen LogP contribution in [0.1, 0.15) is 43.4 Å². The van der Waals surface area contributed by atoms with Gasteiger partial charge in [0.2, 0.25) is 0 Å². The van der Waals surface area contributed by atoms with E-state index in [0.717, 1.165) is 31.6 Å². The molecule has 3 heteroatoms. The van der Waals surface area contributed by atoms with Crippen molar-refractivity contribution >= 4 is 0 Å². The maximum atomic E-state index is 8.69. The Morgan fingerprint density at radius 1 is 1.28 bits per heavy atom. The fourth-order valence-electron chi connectivity index (χ4n) is 1.84. The lowest BCUT2D eigenvalue weighted by Gasteiger charge is -2.14. The smallest absolute Gasteiger partial charge is 0.122 e. The summed E-state index contributed by atoms with van der Waals surface area (Å²) in [6, 6.07) is 6.69. The van der Waals surface area contributed by atoms with Crippen LogP contribution >= 0.6 is 0 Å². The number of aliphatic hydroxyl groups excluding tert-OH is 1. The van der Waals surface area contributed by atoms with E-state index in [4.69, 9.17) is 9.84 Å². The molecule has 102 valence electrons. The van der Waals surface area contributed by atoms with Crippen LogP contribution in [0.15, 0.2) is 18.2 Å². The second-order valence-corrected chi connectivity index (χ2v) is 4.67. The summed E-state index contributed by atoms with van der Waals surface area (Å²) in [6.45, 7) is 5.22. The number of ether oxygens (including phenoxy) is 1. The minimum Gasteiger partial charge on any atom is -0.493 e. The van der Waals surface area contributed by atoms with Crippen molar-refractivity contribution in [2.75, 3.05) is 20.3 Å². The Morgan fingerprint density at radius 3 is 2.67 bits per heavy atom. The molecule has 0 radical (unpaired) electrons. The Balaban J connectivity index is 2.47. The molecular formula is C15H25NO2. The molecular weight excluding hydrogens is 226 g/mol. The first kappa shape index (κ1) is 15.0. The van der Waals surface area contributed by atoms with Crippen molar-refractivity contribution in [2.45, 2.75) is 39.2 Å². The zero-order valence-corrected chi connectivity index (χ0v) is 11.7. The molecule has 1 aromatic rings. The number of benzene rings is 1. The van der Waals surface area contributed by atoms with Crippen LogP contribution in [-0.4, -0.2) is 25.4 Å². The zero-order chi connectivity index (χ0) is 13.4. The minimum atomic E-state index is 0.273. The van der Waals surface area contributed by atoms with Crippen molar-refractivity contribution in [2.24, 2.45) is 0 Å². The van der Waals surface area contributed by atoms with Crippen molar-refractivity contribution in [3.8, 4) is 5.75 Å². The normalized spacial score (nSPS) is 12.4. The van der Waals surface area contributed by atoms with Crippen LogP contribution in [-0.2, 0) is 0 Å². The molecule has 1 unspecified atom stereocenters. The van der Waals surface area contributed by atoms with E-state index in [1.165, 1.54) is 11.1 Å². The van der Waals surface area contributed by atoms with Gasteiger partial charge >= 0.3 is 0 Å². The van der Waals surface area contributed by atoms with E-state index in [-0.39, 0.29) is 6.61 Å². The molecule has 0 aliphatic rings. The van der Waals surface area contributed by atoms with E-state index in [9.17, 15) is 0 Å². The molecule has 0 spiro atoms. The second-order valence-electron chi connectivity index (χ2n) is 4.67. The molecule has 3 nitrogen and oxygen atoms in total. The van der Waals surface area contributed by atoms with Gasteiger partial charge in [0.15, 0.2) is 0 Å². The predicted molar refractivity (Wildman–Crippen MR) is 75.1 cm³/mol. The standard InChI is InChI=1S/C15H25NO2/c1-12-11-14(13(2)16-3)7-8-15(12)18-10-6-4-5-9-17/h7-8,11,13,16-17H,4-6,9-10H2,1-3H3. The van der Waals surface area contributed by atoms with Gasteiger partial charge in [-0.3, -0.25) is 0 Å². The van der Waals surface area contributed by atoms with E-state index in [1.54, 1.807) is 0 Å². The molecule has 0 heterocycles. The van der Waals surface area contributed by atoms with Gasteiger partial charge in [0.05, 0.1) is 6.61 Å². The number of unbranched alkanes of at least 4 members (excludes halogenated alkanes) is 2. The van der Waals surface area contributed by atoms with E-state index in [2.05, 4.69) is 31.3 Å². The molecule has 1 atom stereocenters. The van der Waals surface area contributed by atoms with Gasteiger partial charge in [-0.15, -0.1) is 0 Å². The Kier molecular flexibility index (Phi) is 6.76. The van der Waals surface area contributed by atoms with Crippen molar-refractivity contribution in [1.82, 2.24) is 5.32 Å². The van der Waals surface area contributed by atoms with Crippen molar-refractivity contribution in [3.05, 3.63) is 29.3 Å². The maximum absolute atomic E-state index is 8.69. The summed E-state index contributed by atoms with van der Waals surface area (Å²) in [5.41, 5.74) is 2.46. The molecule has 1 aromatic carbocycles. The third-order valence-electron chi connectivity index (χ3n) is 3.19. The second kappa shape index (κ2) is 8.11. The molecule has 0 aromatic heterocycles. The fraction of sp³-hybridized carbons (Fsp3) is 0.600. The maximum Gasteiger partial charge on any atom is 0.122 e. The monoisotopic (exact) mass is 251 g/mol. The van der Waals surface area contributed by atoms with E-state index < -0.39 is 0 Å². The van der Waals surface area contributed by atoms with Crippen molar-refractivity contribution in [3.63, 3.8) is 0 Å². The quantitative estimate of drug-likeness (QED) is 0.698. The number of aliphatic hydroxyl groups is 1. The summed E-state index contributed by atoms with van der Waals surface area (Å²) in [5, 5.41) is 11.9. The van der Waals surface area contributed by atoms with Gasteiger partial charge in [-0.2, -0.15) is 0 Å². The summed E-state index contributed by atoms with van der Waals surface area (Å²) < 4.78 is 5.75. The largest absolute Gasteiger partial charge is 0.493 e. The average molecular weight is 251 g/mol. The van der Waals surface area contributed by atoms with Crippen LogP contribution in [0.5, 0.6) is 5.75 Å². The molecule has 0 amide bonds. The first-order valence-corrected chi connectivity index (χ1v) is 6.70. The van der Waals surface area contributed by atoms with Gasteiger partial charge in [0, 0.05) is 12.6 Å². The third-order valence-corrected chi connectivity index (χ3v) is 3.19. The van der Waals surface area contributed by atoms with E-state index >= 15 is 0 Å². The van der Waals surface area contributed by atoms with Crippen molar-refractivity contribution < 1.29 is 9.84 Å². The predicted octanol–water partition coefficient (Wildman–Crippen LogP) is 2.82. The molecule has 0 aliphatic carbocycles. The summed E-state index contributed by atoms with van der Waals surface area (Å²) in [5.74, 6) is 0.964. The number of hydrogen-bond acceptors (Lipinski definition) is 3. The molecule has 0 saturated heterocycles. The van der Waals surface area contributed by atoms with Crippen LogP contribution in [0.4, 0.5) is 0 Å². The highest BCUT2D eigenvalue weighted by Crippen LogP contribution is 2.22. The molecule has 0 fully saturated rings. The SMILES string of the molecule is CNC(C)c1ccc(OCCCCCO)c(C)c1. The average Bonchev–Trinajstić information content (AvgIpc) is 2.39. The Labute approximate surface area is 110 Å².